The van der Waals surface area contributed by atoms with Gasteiger partial charge in [-0.2, -0.15) is 0 Å². The Labute approximate surface area is 84.1 Å². The topological polar surface area (TPSA) is 43.1 Å². The van der Waals surface area contributed by atoms with Crippen molar-refractivity contribution in [3.63, 3.8) is 0 Å². The van der Waals surface area contributed by atoms with Crippen molar-refractivity contribution in [3.05, 3.63) is 35.4 Å². The highest BCUT2D eigenvalue weighted by atomic mass is 16.1. The fourth-order valence-electron chi connectivity index (χ4n) is 1.10. The standard InChI is InChI=1S/C12H13NO/c1-2-3-4-12(14)11-7-5-10(9-13)6-8-11/h5-8H,4,9,13H2,1H3. The SMILES string of the molecule is CC#CCC(=O)c1ccc(CN)cc1. The van der Waals surface area contributed by atoms with Crippen molar-refractivity contribution in [3.8, 4) is 11.8 Å². The van der Waals surface area contributed by atoms with E-state index in [0.717, 1.165) is 5.56 Å². The van der Waals surface area contributed by atoms with Gasteiger partial charge < -0.3 is 5.73 Å². The molecule has 0 aliphatic rings. The third-order valence-corrected chi connectivity index (χ3v) is 1.94. The predicted molar refractivity (Wildman–Crippen MR) is 56.7 cm³/mol. The average molecular weight is 187 g/mol. The molecule has 1 aromatic rings. The smallest absolute Gasteiger partial charge is 0.174 e. The van der Waals surface area contributed by atoms with Gasteiger partial charge in [-0.3, -0.25) is 4.79 Å². The number of rotatable bonds is 3. The Morgan fingerprint density at radius 3 is 2.50 bits per heavy atom. The van der Waals surface area contributed by atoms with Crippen LogP contribution in [0.25, 0.3) is 0 Å². The Kier molecular flexibility index (Phi) is 3.90. The van der Waals surface area contributed by atoms with Crippen molar-refractivity contribution in [2.75, 3.05) is 0 Å². The minimum atomic E-state index is 0.0583. The lowest BCUT2D eigenvalue weighted by Crippen LogP contribution is -2.00. The van der Waals surface area contributed by atoms with E-state index >= 15 is 0 Å². The highest BCUT2D eigenvalue weighted by Gasteiger charge is 2.02. The minimum Gasteiger partial charge on any atom is -0.326 e. The maximum atomic E-state index is 11.5. The van der Waals surface area contributed by atoms with Gasteiger partial charge in [0, 0.05) is 12.1 Å². The fourth-order valence-corrected chi connectivity index (χ4v) is 1.10. The van der Waals surface area contributed by atoms with Crippen LogP contribution in [0.4, 0.5) is 0 Å². The van der Waals surface area contributed by atoms with Crippen LogP contribution in [0.1, 0.15) is 29.3 Å². The van der Waals surface area contributed by atoms with Crippen LogP contribution in [0.5, 0.6) is 0 Å². The van der Waals surface area contributed by atoms with E-state index in [1.54, 1.807) is 19.1 Å². The number of carbonyl (C=O) groups is 1. The molecule has 0 aliphatic carbocycles. The number of carbonyl (C=O) groups excluding carboxylic acids is 1. The summed E-state index contributed by atoms with van der Waals surface area (Å²) < 4.78 is 0. The molecule has 0 spiro atoms. The lowest BCUT2D eigenvalue weighted by Gasteiger charge is -1.99. The van der Waals surface area contributed by atoms with Crippen molar-refractivity contribution >= 4 is 5.78 Å². The predicted octanol–water partition coefficient (Wildman–Crippen LogP) is 1.74. The summed E-state index contributed by atoms with van der Waals surface area (Å²) >= 11 is 0. The molecule has 72 valence electrons. The maximum absolute atomic E-state index is 11.5. The van der Waals surface area contributed by atoms with Crippen LogP contribution in [-0.4, -0.2) is 5.78 Å². The van der Waals surface area contributed by atoms with Crippen LogP contribution >= 0.6 is 0 Å². The molecule has 2 nitrogen and oxygen atoms in total. The van der Waals surface area contributed by atoms with Crippen molar-refractivity contribution in [1.29, 1.82) is 0 Å². The fraction of sp³-hybridized carbons (Fsp3) is 0.250. The number of hydrogen-bond acceptors (Lipinski definition) is 2. The van der Waals surface area contributed by atoms with E-state index < -0.39 is 0 Å². The largest absolute Gasteiger partial charge is 0.326 e. The number of benzene rings is 1. The first-order chi connectivity index (χ1) is 6.77. The molecule has 0 fully saturated rings. The van der Waals surface area contributed by atoms with Gasteiger partial charge in [0.2, 0.25) is 0 Å². The van der Waals surface area contributed by atoms with Crippen LogP contribution in [-0.2, 0) is 6.54 Å². The van der Waals surface area contributed by atoms with Crippen molar-refractivity contribution in [2.24, 2.45) is 5.73 Å². The van der Waals surface area contributed by atoms with E-state index in [4.69, 9.17) is 5.73 Å². The van der Waals surface area contributed by atoms with E-state index in [-0.39, 0.29) is 5.78 Å². The Bertz CT molecular complexity index is 368. The van der Waals surface area contributed by atoms with Crippen LogP contribution in [0.3, 0.4) is 0 Å². The first-order valence-corrected chi connectivity index (χ1v) is 4.49. The Morgan fingerprint density at radius 1 is 1.36 bits per heavy atom. The van der Waals surface area contributed by atoms with Crippen LogP contribution in [0.15, 0.2) is 24.3 Å². The minimum absolute atomic E-state index is 0.0583. The summed E-state index contributed by atoms with van der Waals surface area (Å²) in [6, 6.07) is 7.32. The zero-order valence-corrected chi connectivity index (χ0v) is 8.21. The maximum Gasteiger partial charge on any atom is 0.174 e. The molecule has 0 heterocycles. The summed E-state index contributed by atoms with van der Waals surface area (Å²) in [5.74, 6) is 5.51. The molecule has 0 aliphatic heterocycles. The summed E-state index contributed by atoms with van der Waals surface area (Å²) in [5, 5.41) is 0. The molecule has 0 radical (unpaired) electrons. The van der Waals surface area contributed by atoms with Gasteiger partial charge in [0.15, 0.2) is 5.78 Å². The zero-order chi connectivity index (χ0) is 10.4. The van der Waals surface area contributed by atoms with Gasteiger partial charge in [0.1, 0.15) is 0 Å². The highest BCUT2D eigenvalue weighted by Crippen LogP contribution is 2.06. The molecule has 1 rings (SSSR count). The van der Waals surface area contributed by atoms with E-state index in [0.29, 0.717) is 18.5 Å². The van der Waals surface area contributed by atoms with E-state index in [2.05, 4.69) is 11.8 Å². The molecule has 0 aromatic heterocycles. The number of nitrogens with two attached hydrogens (primary N) is 1. The third kappa shape index (κ3) is 2.72. The molecule has 0 bridgehead atoms. The van der Waals surface area contributed by atoms with Gasteiger partial charge in [-0.25, -0.2) is 0 Å². The second-order valence-electron chi connectivity index (χ2n) is 2.93. The zero-order valence-electron chi connectivity index (χ0n) is 8.21. The molecule has 1 aromatic carbocycles. The number of ketones is 1. The normalized spacial score (nSPS) is 9.00. The molecule has 0 atom stereocenters. The van der Waals surface area contributed by atoms with Crippen molar-refractivity contribution < 1.29 is 4.79 Å². The molecule has 2 heteroatoms. The number of hydrogen-bond donors (Lipinski definition) is 1. The Hall–Kier alpha value is -1.59. The Balaban J connectivity index is 2.74. The first kappa shape index (κ1) is 10.5. The van der Waals surface area contributed by atoms with E-state index in [9.17, 15) is 4.79 Å². The highest BCUT2D eigenvalue weighted by molar-refractivity contribution is 5.97. The summed E-state index contributed by atoms with van der Waals surface area (Å²) in [7, 11) is 0. The van der Waals surface area contributed by atoms with Gasteiger partial charge in [-0.05, 0) is 12.5 Å². The lowest BCUT2D eigenvalue weighted by atomic mass is 10.1. The van der Waals surface area contributed by atoms with Crippen LogP contribution in [0, 0.1) is 11.8 Å². The van der Waals surface area contributed by atoms with Gasteiger partial charge in [0.25, 0.3) is 0 Å². The quantitative estimate of drug-likeness (QED) is 0.578. The van der Waals surface area contributed by atoms with Crippen LogP contribution in [0.2, 0.25) is 0 Å². The molecule has 0 saturated carbocycles. The molecule has 0 unspecified atom stereocenters. The molecule has 14 heavy (non-hydrogen) atoms. The summed E-state index contributed by atoms with van der Waals surface area (Å²) in [4.78, 5) is 11.5. The van der Waals surface area contributed by atoms with Gasteiger partial charge in [0.05, 0.1) is 6.42 Å². The van der Waals surface area contributed by atoms with Crippen LogP contribution < -0.4 is 5.73 Å². The molecule has 0 amide bonds. The average Bonchev–Trinajstić information content (AvgIpc) is 2.26. The van der Waals surface area contributed by atoms with Crippen molar-refractivity contribution in [1.82, 2.24) is 0 Å². The van der Waals surface area contributed by atoms with Gasteiger partial charge in [-0.15, -0.1) is 5.92 Å². The molecule has 0 saturated heterocycles. The third-order valence-electron chi connectivity index (χ3n) is 1.94. The monoisotopic (exact) mass is 187 g/mol. The van der Waals surface area contributed by atoms with Gasteiger partial charge >= 0.3 is 0 Å². The summed E-state index contributed by atoms with van der Waals surface area (Å²) in [6.45, 7) is 2.23. The van der Waals surface area contributed by atoms with Gasteiger partial charge in [-0.1, -0.05) is 30.2 Å². The number of Topliss-reactive ketones (excluding diaryl/α,β-unsaturated/α-hetero) is 1. The molecular weight excluding hydrogens is 174 g/mol. The van der Waals surface area contributed by atoms with E-state index in [1.165, 1.54) is 0 Å². The second kappa shape index (κ2) is 5.21. The summed E-state index contributed by atoms with van der Waals surface area (Å²) in [6.07, 6.45) is 0.290. The summed E-state index contributed by atoms with van der Waals surface area (Å²) in [5.41, 5.74) is 7.18. The molecule has 2 N–H and O–H groups in total. The Morgan fingerprint density at radius 2 is 2.00 bits per heavy atom. The molecular formula is C12H13NO. The second-order valence-corrected chi connectivity index (χ2v) is 2.93. The first-order valence-electron chi connectivity index (χ1n) is 4.49. The van der Waals surface area contributed by atoms with Crippen molar-refractivity contribution in [2.45, 2.75) is 19.9 Å². The lowest BCUT2D eigenvalue weighted by molar-refractivity contribution is 0.0998. The van der Waals surface area contributed by atoms with E-state index in [1.807, 2.05) is 12.1 Å².